The molecule has 0 spiro atoms. The van der Waals surface area contributed by atoms with E-state index in [-0.39, 0.29) is 11.6 Å². The highest BCUT2D eigenvalue weighted by Crippen LogP contribution is 2.17. The van der Waals surface area contributed by atoms with Crippen LogP contribution in [0.4, 0.5) is 11.5 Å². The number of ether oxygens (including phenoxy) is 1. The Morgan fingerprint density at radius 3 is 2.72 bits per heavy atom. The maximum Gasteiger partial charge on any atom is 0.276 e. The lowest BCUT2D eigenvalue weighted by Gasteiger charge is -2.27. The largest absolute Gasteiger partial charge is 0.378 e. The van der Waals surface area contributed by atoms with E-state index in [1.807, 2.05) is 36.4 Å². The first-order chi connectivity index (χ1) is 12.3. The maximum absolute atomic E-state index is 12.4. The Hall–Kier alpha value is -3.06. The van der Waals surface area contributed by atoms with Crippen LogP contribution in [0.2, 0.25) is 0 Å². The van der Waals surface area contributed by atoms with E-state index in [4.69, 9.17) is 4.74 Å². The Balaban J connectivity index is 1.48. The SMILES string of the molecule is O=C(Nc1cnc2ccccc2c1)c1ccc(N2CCOCC2)nn1. The van der Waals surface area contributed by atoms with Gasteiger partial charge in [-0.25, -0.2) is 0 Å². The van der Waals surface area contributed by atoms with Crippen molar-refractivity contribution in [2.24, 2.45) is 0 Å². The summed E-state index contributed by atoms with van der Waals surface area (Å²) in [5, 5.41) is 12.0. The van der Waals surface area contributed by atoms with E-state index in [0.717, 1.165) is 29.8 Å². The van der Waals surface area contributed by atoms with Crippen molar-refractivity contribution < 1.29 is 9.53 Å². The summed E-state index contributed by atoms with van der Waals surface area (Å²) < 4.78 is 5.32. The Bertz CT molecular complexity index is 891. The number of aromatic nitrogens is 3. The predicted molar refractivity (Wildman–Crippen MR) is 94.8 cm³/mol. The first-order valence-corrected chi connectivity index (χ1v) is 8.12. The number of nitrogens with one attached hydrogen (secondary N) is 1. The molecule has 25 heavy (non-hydrogen) atoms. The summed E-state index contributed by atoms with van der Waals surface area (Å²) in [6.45, 7) is 2.92. The first-order valence-electron chi connectivity index (χ1n) is 8.12. The van der Waals surface area contributed by atoms with Gasteiger partial charge in [-0.2, -0.15) is 0 Å². The molecule has 0 bridgehead atoms. The molecule has 7 heteroatoms. The summed E-state index contributed by atoms with van der Waals surface area (Å²) in [4.78, 5) is 18.8. The van der Waals surface area contributed by atoms with Crippen LogP contribution in [0.15, 0.2) is 48.7 Å². The fourth-order valence-corrected chi connectivity index (χ4v) is 2.74. The molecule has 3 heterocycles. The lowest BCUT2D eigenvalue weighted by molar-refractivity contribution is 0.102. The molecule has 1 N–H and O–H groups in total. The molecule has 126 valence electrons. The second-order valence-electron chi connectivity index (χ2n) is 5.75. The first kappa shape index (κ1) is 15.5. The third-order valence-corrected chi connectivity index (χ3v) is 4.07. The third-order valence-electron chi connectivity index (χ3n) is 4.07. The number of nitrogens with zero attached hydrogens (tertiary/aromatic N) is 4. The molecule has 0 aliphatic carbocycles. The molecule has 1 aliphatic rings. The molecular formula is C18H17N5O2. The molecule has 0 saturated carbocycles. The summed E-state index contributed by atoms with van der Waals surface area (Å²) in [7, 11) is 0. The van der Waals surface area contributed by atoms with Crippen molar-refractivity contribution in [3.05, 3.63) is 54.4 Å². The molecule has 1 aliphatic heterocycles. The van der Waals surface area contributed by atoms with Crippen molar-refractivity contribution in [2.45, 2.75) is 0 Å². The number of pyridine rings is 1. The number of carbonyl (C=O) groups excluding carboxylic acids is 1. The van der Waals surface area contributed by atoms with Gasteiger partial charge in [0.15, 0.2) is 11.5 Å². The summed E-state index contributed by atoms with van der Waals surface area (Å²) in [5.41, 5.74) is 1.78. The molecule has 0 atom stereocenters. The van der Waals surface area contributed by atoms with Crippen LogP contribution in [0.25, 0.3) is 10.9 Å². The molecule has 0 radical (unpaired) electrons. The fourth-order valence-electron chi connectivity index (χ4n) is 2.74. The second kappa shape index (κ2) is 6.82. The van der Waals surface area contributed by atoms with Gasteiger partial charge < -0.3 is 15.0 Å². The van der Waals surface area contributed by atoms with Crippen molar-refractivity contribution in [1.29, 1.82) is 0 Å². The number of rotatable bonds is 3. The van der Waals surface area contributed by atoms with Gasteiger partial charge in [-0.15, -0.1) is 10.2 Å². The number of para-hydroxylation sites is 1. The lowest BCUT2D eigenvalue weighted by atomic mass is 10.2. The third kappa shape index (κ3) is 3.41. The quantitative estimate of drug-likeness (QED) is 0.790. The fraction of sp³-hybridized carbons (Fsp3) is 0.222. The zero-order valence-corrected chi connectivity index (χ0v) is 13.6. The van der Waals surface area contributed by atoms with E-state index in [1.165, 1.54) is 0 Å². The Kier molecular flexibility index (Phi) is 4.22. The zero-order chi connectivity index (χ0) is 17.1. The lowest BCUT2D eigenvalue weighted by Crippen LogP contribution is -2.37. The number of amides is 1. The van der Waals surface area contributed by atoms with Gasteiger partial charge in [-0.3, -0.25) is 9.78 Å². The van der Waals surface area contributed by atoms with E-state index in [2.05, 4.69) is 25.4 Å². The van der Waals surface area contributed by atoms with Crippen LogP contribution in [0, 0.1) is 0 Å². The number of morpholine rings is 1. The molecule has 1 saturated heterocycles. The highest BCUT2D eigenvalue weighted by molar-refractivity contribution is 6.03. The van der Waals surface area contributed by atoms with Gasteiger partial charge >= 0.3 is 0 Å². The predicted octanol–water partition coefficient (Wildman–Crippen LogP) is 2.11. The summed E-state index contributed by atoms with van der Waals surface area (Å²) in [6.07, 6.45) is 1.63. The summed E-state index contributed by atoms with van der Waals surface area (Å²) >= 11 is 0. The number of hydrogen-bond donors (Lipinski definition) is 1. The normalized spacial score (nSPS) is 14.5. The zero-order valence-electron chi connectivity index (χ0n) is 13.6. The highest BCUT2D eigenvalue weighted by Gasteiger charge is 2.14. The van der Waals surface area contributed by atoms with Crippen LogP contribution < -0.4 is 10.2 Å². The molecule has 1 fully saturated rings. The van der Waals surface area contributed by atoms with E-state index in [0.29, 0.717) is 18.9 Å². The van der Waals surface area contributed by atoms with E-state index < -0.39 is 0 Å². The van der Waals surface area contributed by atoms with Crippen molar-refractivity contribution in [1.82, 2.24) is 15.2 Å². The molecular weight excluding hydrogens is 318 g/mol. The van der Waals surface area contributed by atoms with E-state index in [9.17, 15) is 4.79 Å². The van der Waals surface area contributed by atoms with Crippen LogP contribution in [0.3, 0.4) is 0 Å². The topological polar surface area (TPSA) is 80.2 Å². The maximum atomic E-state index is 12.4. The molecule has 2 aromatic heterocycles. The number of fused-ring (bicyclic) bond motifs is 1. The monoisotopic (exact) mass is 335 g/mol. The van der Waals surface area contributed by atoms with Gasteiger partial charge in [0.05, 0.1) is 30.6 Å². The Morgan fingerprint density at radius 2 is 1.92 bits per heavy atom. The van der Waals surface area contributed by atoms with Gasteiger partial charge in [0.1, 0.15) is 0 Å². The number of anilines is 2. The van der Waals surface area contributed by atoms with Crippen molar-refractivity contribution in [3.8, 4) is 0 Å². The van der Waals surface area contributed by atoms with Crippen molar-refractivity contribution >= 4 is 28.3 Å². The van der Waals surface area contributed by atoms with Crippen LogP contribution in [-0.4, -0.2) is 47.4 Å². The average molecular weight is 335 g/mol. The summed E-state index contributed by atoms with van der Waals surface area (Å²) in [6, 6.07) is 13.1. The minimum Gasteiger partial charge on any atom is -0.378 e. The van der Waals surface area contributed by atoms with Gasteiger partial charge in [0, 0.05) is 18.5 Å². The van der Waals surface area contributed by atoms with Gasteiger partial charge in [0.25, 0.3) is 5.91 Å². The minimum atomic E-state index is -0.307. The highest BCUT2D eigenvalue weighted by atomic mass is 16.5. The van der Waals surface area contributed by atoms with Gasteiger partial charge in [0.2, 0.25) is 0 Å². The summed E-state index contributed by atoms with van der Waals surface area (Å²) in [5.74, 6) is 0.449. The Morgan fingerprint density at radius 1 is 1.08 bits per heavy atom. The standard InChI is InChI=1S/C18H17N5O2/c24-18(20-14-11-13-3-1-2-4-15(13)19-12-14)16-5-6-17(22-21-16)23-7-9-25-10-8-23/h1-6,11-12H,7-10H2,(H,20,24). The van der Waals surface area contributed by atoms with Gasteiger partial charge in [-0.05, 0) is 24.3 Å². The van der Waals surface area contributed by atoms with Crippen molar-refractivity contribution in [2.75, 3.05) is 36.5 Å². The van der Waals surface area contributed by atoms with Crippen molar-refractivity contribution in [3.63, 3.8) is 0 Å². The molecule has 4 rings (SSSR count). The van der Waals surface area contributed by atoms with Crippen LogP contribution in [0.1, 0.15) is 10.5 Å². The Labute approximate surface area is 144 Å². The van der Waals surface area contributed by atoms with Crippen LogP contribution >= 0.6 is 0 Å². The van der Waals surface area contributed by atoms with Crippen LogP contribution in [-0.2, 0) is 4.74 Å². The number of hydrogen-bond acceptors (Lipinski definition) is 6. The minimum absolute atomic E-state index is 0.269. The molecule has 1 amide bonds. The second-order valence-corrected chi connectivity index (χ2v) is 5.75. The number of benzene rings is 1. The molecule has 1 aromatic carbocycles. The molecule has 0 unspecified atom stereocenters. The smallest absolute Gasteiger partial charge is 0.276 e. The van der Waals surface area contributed by atoms with Crippen LogP contribution in [0.5, 0.6) is 0 Å². The molecule has 7 nitrogen and oxygen atoms in total. The molecule has 3 aromatic rings. The average Bonchev–Trinajstić information content (AvgIpc) is 2.69. The number of carbonyl (C=O) groups is 1. The van der Waals surface area contributed by atoms with Gasteiger partial charge in [-0.1, -0.05) is 18.2 Å². The van der Waals surface area contributed by atoms with E-state index >= 15 is 0 Å². The van der Waals surface area contributed by atoms with E-state index in [1.54, 1.807) is 12.3 Å².